The van der Waals surface area contributed by atoms with Gasteiger partial charge in [-0.25, -0.2) is 8.42 Å². The summed E-state index contributed by atoms with van der Waals surface area (Å²) >= 11 is 0. The van der Waals surface area contributed by atoms with Crippen LogP contribution in [0.15, 0.2) is 12.1 Å². The van der Waals surface area contributed by atoms with Crippen molar-refractivity contribution < 1.29 is 13.2 Å². The fourth-order valence-corrected chi connectivity index (χ4v) is 5.48. The number of nitrogens with zero attached hydrogens (tertiary/aromatic N) is 3. The molecule has 3 heterocycles. The molecule has 7 heteroatoms. The minimum atomic E-state index is -2.91. The summed E-state index contributed by atoms with van der Waals surface area (Å²) in [6, 6.07) is 4.15. The van der Waals surface area contributed by atoms with E-state index in [-0.39, 0.29) is 23.3 Å². The number of aromatic nitrogens is 1. The van der Waals surface area contributed by atoms with Gasteiger partial charge in [0.15, 0.2) is 9.84 Å². The van der Waals surface area contributed by atoms with Crippen molar-refractivity contribution in [3.8, 4) is 0 Å². The van der Waals surface area contributed by atoms with E-state index in [0.717, 1.165) is 30.2 Å². The molecule has 0 aliphatic carbocycles. The normalized spacial score (nSPS) is 23.5. The van der Waals surface area contributed by atoms with Gasteiger partial charge in [0, 0.05) is 49.7 Å². The number of carbonyl (C=O) groups is 1. The van der Waals surface area contributed by atoms with Gasteiger partial charge >= 0.3 is 0 Å². The Morgan fingerprint density at radius 2 is 1.79 bits per heavy atom. The molecule has 0 N–H and O–H groups in total. The van der Waals surface area contributed by atoms with Crippen molar-refractivity contribution >= 4 is 21.4 Å². The van der Waals surface area contributed by atoms with E-state index in [1.165, 1.54) is 0 Å². The Morgan fingerprint density at radius 1 is 1.17 bits per heavy atom. The van der Waals surface area contributed by atoms with E-state index in [0.29, 0.717) is 25.9 Å². The first-order chi connectivity index (χ1) is 11.3. The van der Waals surface area contributed by atoms with E-state index in [1.807, 2.05) is 18.7 Å². The number of carbonyl (C=O) groups excluding carboxylic acids is 1. The molecule has 1 atom stereocenters. The second kappa shape index (κ2) is 6.70. The lowest BCUT2D eigenvalue weighted by Crippen LogP contribution is -2.49. The van der Waals surface area contributed by atoms with Crippen molar-refractivity contribution in [2.45, 2.75) is 26.7 Å². The molecule has 2 saturated heterocycles. The highest BCUT2D eigenvalue weighted by Gasteiger charge is 2.31. The zero-order valence-electron chi connectivity index (χ0n) is 14.4. The van der Waals surface area contributed by atoms with Gasteiger partial charge in [0.1, 0.15) is 0 Å². The highest BCUT2D eigenvalue weighted by molar-refractivity contribution is 7.91. The van der Waals surface area contributed by atoms with Crippen LogP contribution >= 0.6 is 0 Å². The van der Waals surface area contributed by atoms with Crippen molar-refractivity contribution in [2.24, 2.45) is 5.92 Å². The molecule has 2 aliphatic heterocycles. The van der Waals surface area contributed by atoms with Crippen LogP contribution in [0.2, 0.25) is 0 Å². The standard InChI is InChI=1S/C17H25N3O3S/c1-13-9-16(10-14(2)18-13)19-4-6-20(7-5-19)17(21)11-15-3-8-24(22,23)12-15/h9-10,15H,3-8,11-12H2,1-2H3/t15-/m1/s1. The molecule has 132 valence electrons. The molecule has 1 aromatic rings. The zero-order valence-corrected chi connectivity index (χ0v) is 15.2. The van der Waals surface area contributed by atoms with Crippen LogP contribution in [0, 0.1) is 19.8 Å². The maximum atomic E-state index is 12.4. The first-order valence-electron chi connectivity index (χ1n) is 8.51. The number of amides is 1. The Kier molecular flexibility index (Phi) is 4.80. The number of anilines is 1. The average molecular weight is 351 g/mol. The maximum absolute atomic E-state index is 12.4. The summed E-state index contributed by atoms with van der Waals surface area (Å²) in [6.45, 7) is 6.98. The van der Waals surface area contributed by atoms with Crippen molar-refractivity contribution in [1.82, 2.24) is 9.88 Å². The molecular formula is C17H25N3O3S. The number of pyridine rings is 1. The van der Waals surface area contributed by atoms with Crippen LogP contribution in [0.4, 0.5) is 5.69 Å². The predicted octanol–water partition coefficient (Wildman–Crippen LogP) is 1.17. The third kappa shape index (κ3) is 4.06. The third-order valence-corrected chi connectivity index (χ3v) is 6.69. The van der Waals surface area contributed by atoms with Crippen molar-refractivity contribution in [1.29, 1.82) is 0 Å². The molecule has 1 aromatic heterocycles. The van der Waals surface area contributed by atoms with Crippen molar-refractivity contribution in [3.05, 3.63) is 23.5 Å². The van der Waals surface area contributed by atoms with Gasteiger partial charge in [-0.2, -0.15) is 0 Å². The van der Waals surface area contributed by atoms with Crippen LogP contribution in [-0.2, 0) is 14.6 Å². The molecule has 0 radical (unpaired) electrons. The van der Waals surface area contributed by atoms with Gasteiger partial charge in [0.25, 0.3) is 0 Å². The molecule has 2 aliphatic rings. The molecular weight excluding hydrogens is 326 g/mol. The Balaban J connectivity index is 1.54. The van der Waals surface area contributed by atoms with Crippen molar-refractivity contribution in [3.63, 3.8) is 0 Å². The lowest BCUT2D eigenvalue weighted by Gasteiger charge is -2.36. The summed E-state index contributed by atoms with van der Waals surface area (Å²) in [5, 5.41) is 0. The van der Waals surface area contributed by atoms with Gasteiger partial charge in [0.2, 0.25) is 5.91 Å². The summed E-state index contributed by atoms with van der Waals surface area (Å²) in [5.41, 5.74) is 3.17. The van der Waals surface area contributed by atoms with E-state index in [2.05, 4.69) is 22.0 Å². The topological polar surface area (TPSA) is 70.6 Å². The van der Waals surface area contributed by atoms with Crippen LogP contribution in [0.25, 0.3) is 0 Å². The molecule has 0 unspecified atom stereocenters. The van der Waals surface area contributed by atoms with E-state index in [9.17, 15) is 13.2 Å². The van der Waals surface area contributed by atoms with Gasteiger partial charge < -0.3 is 9.80 Å². The minimum absolute atomic E-state index is 0.00558. The van der Waals surface area contributed by atoms with E-state index in [1.54, 1.807) is 0 Å². The van der Waals surface area contributed by atoms with Crippen LogP contribution in [-0.4, -0.2) is 61.9 Å². The van der Waals surface area contributed by atoms with E-state index < -0.39 is 9.84 Å². The second-order valence-electron chi connectivity index (χ2n) is 6.95. The number of sulfone groups is 1. The number of hydrogen-bond donors (Lipinski definition) is 0. The lowest BCUT2D eigenvalue weighted by molar-refractivity contribution is -0.132. The summed E-state index contributed by atoms with van der Waals surface area (Å²) in [7, 11) is -2.91. The van der Waals surface area contributed by atoms with Crippen molar-refractivity contribution in [2.75, 3.05) is 42.6 Å². The van der Waals surface area contributed by atoms with Gasteiger partial charge in [-0.15, -0.1) is 0 Å². The molecule has 3 rings (SSSR count). The monoisotopic (exact) mass is 351 g/mol. The molecule has 1 amide bonds. The second-order valence-corrected chi connectivity index (χ2v) is 9.18. The molecule has 0 spiro atoms. The molecule has 0 aromatic carbocycles. The van der Waals surface area contributed by atoms with Crippen LogP contribution in [0.3, 0.4) is 0 Å². The van der Waals surface area contributed by atoms with Crippen LogP contribution < -0.4 is 4.90 Å². The SMILES string of the molecule is Cc1cc(N2CCN(C(=O)C[C@H]3CCS(=O)(=O)C3)CC2)cc(C)n1. The Morgan fingerprint density at radius 3 is 2.33 bits per heavy atom. The number of hydrogen-bond acceptors (Lipinski definition) is 5. The quantitative estimate of drug-likeness (QED) is 0.818. The molecule has 0 bridgehead atoms. The smallest absolute Gasteiger partial charge is 0.223 e. The van der Waals surface area contributed by atoms with E-state index in [4.69, 9.17) is 0 Å². The fraction of sp³-hybridized carbons (Fsp3) is 0.647. The Bertz CT molecular complexity index is 704. The average Bonchev–Trinajstić information content (AvgIpc) is 2.85. The molecule has 24 heavy (non-hydrogen) atoms. The largest absolute Gasteiger partial charge is 0.368 e. The fourth-order valence-electron chi connectivity index (χ4n) is 3.62. The number of piperazine rings is 1. The Labute approximate surface area is 143 Å². The van der Waals surface area contributed by atoms with Gasteiger partial charge in [-0.05, 0) is 38.3 Å². The summed E-state index contributed by atoms with van der Waals surface area (Å²) < 4.78 is 23.0. The predicted molar refractivity (Wildman–Crippen MR) is 93.9 cm³/mol. The highest BCUT2D eigenvalue weighted by atomic mass is 32.2. The molecule has 0 saturated carbocycles. The van der Waals surface area contributed by atoms with Gasteiger partial charge in [-0.3, -0.25) is 9.78 Å². The lowest BCUT2D eigenvalue weighted by atomic mass is 10.0. The zero-order chi connectivity index (χ0) is 17.3. The molecule has 2 fully saturated rings. The minimum Gasteiger partial charge on any atom is -0.368 e. The third-order valence-electron chi connectivity index (χ3n) is 4.85. The summed E-state index contributed by atoms with van der Waals surface area (Å²) in [6.07, 6.45) is 0.996. The first-order valence-corrected chi connectivity index (χ1v) is 10.3. The number of rotatable bonds is 3. The van der Waals surface area contributed by atoms with E-state index >= 15 is 0 Å². The Hall–Kier alpha value is -1.63. The highest BCUT2D eigenvalue weighted by Crippen LogP contribution is 2.23. The van der Waals surface area contributed by atoms with Gasteiger partial charge in [-0.1, -0.05) is 0 Å². The summed E-state index contributed by atoms with van der Waals surface area (Å²) in [5.74, 6) is 0.512. The first kappa shape index (κ1) is 17.2. The maximum Gasteiger partial charge on any atom is 0.223 e. The van der Waals surface area contributed by atoms with Crippen LogP contribution in [0.5, 0.6) is 0 Å². The van der Waals surface area contributed by atoms with Gasteiger partial charge in [0.05, 0.1) is 11.5 Å². The number of aryl methyl sites for hydroxylation is 2. The summed E-state index contributed by atoms with van der Waals surface area (Å²) in [4.78, 5) is 21.0. The van der Waals surface area contributed by atoms with Crippen LogP contribution in [0.1, 0.15) is 24.2 Å². The molecule has 6 nitrogen and oxygen atoms in total.